The van der Waals surface area contributed by atoms with Crippen LogP contribution >= 0.6 is 0 Å². The van der Waals surface area contributed by atoms with Gasteiger partial charge in [-0.1, -0.05) is 34.6 Å². The molecule has 1 aromatic heterocycles. The van der Waals surface area contributed by atoms with E-state index in [0.29, 0.717) is 5.75 Å². The van der Waals surface area contributed by atoms with Gasteiger partial charge in [0.15, 0.2) is 0 Å². The Kier molecular flexibility index (Phi) is 11.0. The zero-order valence-corrected chi connectivity index (χ0v) is 16.8. The Morgan fingerprint density at radius 1 is 1.23 bits per heavy atom. The van der Waals surface area contributed by atoms with Crippen molar-refractivity contribution in [1.29, 1.82) is 0 Å². The summed E-state index contributed by atoms with van der Waals surface area (Å²) in [5.74, 6) is -0.699. The van der Waals surface area contributed by atoms with E-state index in [4.69, 9.17) is 10.5 Å². The monoisotopic (exact) mass is 383 g/mol. The van der Waals surface area contributed by atoms with Gasteiger partial charge in [-0.05, 0) is 18.2 Å². The van der Waals surface area contributed by atoms with Crippen LogP contribution in [-0.4, -0.2) is 32.8 Å². The van der Waals surface area contributed by atoms with Crippen LogP contribution in [0.4, 0.5) is 10.2 Å². The minimum absolute atomic E-state index is 0.000697. The Morgan fingerprint density at radius 2 is 1.85 bits per heavy atom. The zero-order valence-electron chi connectivity index (χ0n) is 16.0. The number of anilines is 1. The van der Waals surface area contributed by atoms with E-state index in [0.717, 1.165) is 6.07 Å². The number of nitrogens with two attached hydrogens (primary N) is 1. The first-order valence-corrected chi connectivity index (χ1v) is 9.69. The number of hydrogen-bond donors (Lipinski definition) is 1. The molecule has 0 fully saturated rings. The number of methoxy groups -OCH3 is 1. The molecule has 2 aromatic rings. The van der Waals surface area contributed by atoms with Gasteiger partial charge >= 0.3 is 0 Å². The fourth-order valence-electron chi connectivity index (χ4n) is 1.79. The average molecular weight is 383 g/mol. The molecule has 6 nitrogen and oxygen atoms in total. The van der Waals surface area contributed by atoms with Gasteiger partial charge in [-0.25, -0.2) is 14.4 Å². The van der Waals surface area contributed by atoms with Gasteiger partial charge in [0.1, 0.15) is 17.4 Å². The van der Waals surface area contributed by atoms with Gasteiger partial charge in [0.05, 0.1) is 29.0 Å². The van der Waals surface area contributed by atoms with Crippen molar-refractivity contribution in [2.75, 3.05) is 18.6 Å². The highest BCUT2D eigenvalue weighted by atomic mass is 32.2. The molecule has 0 amide bonds. The van der Waals surface area contributed by atoms with Crippen molar-refractivity contribution in [3.8, 4) is 5.75 Å². The number of carbonyl (C=O) groups is 1. The molecule has 26 heavy (non-hydrogen) atoms. The maximum Gasteiger partial charge on any atom is 0.220 e. The van der Waals surface area contributed by atoms with Crippen LogP contribution in [0, 0.1) is 5.82 Å². The first-order valence-electron chi connectivity index (χ1n) is 8.37. The van der Waals surface area contributed by atoms with Gasteiger partial charge in [0, 0.05) is 11.9 Å². The maximum atomic E-state index is 13.4. The van der Waals surface area contributed by atoms with Crippen molar-refractivity contribution in [2.24, 2.45) is 0 Å². The second-order valence-electron chi connectivity index (χ2n) is 4.26. The Labute approximate surface area is 156 Å². The second-order valence-corrected chi connectivity index (χ2v) is 5.89. The van der Waals surface area contributed by atoms with Crippen LogP contribution in [0.2, 0.25) is 0 Å². The van der Waals surface area contributed by atoms with Gasteiger partial charge < -0.3 is 10.5 Å². The number of carbonyl (C=O) groups excluding carboxylic acids is 1. The van der Waals surface area contributed by atoms with Crippen molar-refractivity contribution in [3.05, 3.63) is 41.3 Å². The second kappa shape index (κ2) is 12.1. The fourth-order valence-corrected chi connectivity index (χ4v) is 2.42. The summed E-state index contributed by atoms with van der Waals surface area (Å²) < 4.78 is 30.0. The largest absolute Gasteiger partial charge is 0.496 e. The van der Waals surface area contributed by atoms with Crippen LogP contribution in [0.1, 0.15) is 50.5 Å². The predicted octanol–water partition coefficient (Wildman–Crippen LogP) is 3.62. The summed E-state index contributed by atoms with van der Waals surface area (Å²) in [6.45, 7) is 9.71. The number of aromatic nitrogens is 2. The third-order valence-corrected chi connectivity index (χ3v) is 4.04. The summed E-state index contributed by atoms with van der Waals surface area (Å²) >= 11 is 0. The van der Waals surface area contributed by atoms with E-state index < -0.39 is 22.4 Å². The third kappa shape index (κ3) is 5.87. The maximum absolute atomic E-state index is 13.4. The van der Waals surface area contributed by atoms with Crippen LogP contribution in [-0.2, 0) is 10.8 Å². The minimum Gasteiger partial charge on any atom is -0.496 e. The molecule has 1 atom stereocenters. The van der Waals surface area contributed by atoms with E-state index in [1.807, 2.05) is 27.7 Å². The van der Waals surface area contributed by atoms with Crippen molar-refractivity contribution < 1.29 is 18.1 Å². The fraction of sp³-hybridized carbons (Fsp3) is 0.389. The van der Waals surface area contributed by atoms with Crippen LogP contribution in [0.3, 0.4) is 0 Å². The van der Waals surface area contributed by atoms with Gasteiger partial charge in [-0.15, -0.1) is 0 Å². The molecule has 0 bridgehead atoms. The third-order valence-electron chi connectivity index (χ3n) is 2.91. The van der Waals surface area contributed by atoms with Gasteiger partial charge in [-0.3, -0.25) is 9.00 Å². The zero-order chi connectivity index (χ0) is 20.3. The number of benzene rings is 1. The van der Waals surface area contributed by atoms with Crippen LogP contribution in [0.15, 0.2) is 29.6 Å². The highest BCUT2D eigenvalue weighted by Gasteiger charge is 2.20. The van der Waals surface area contributed by atoms with E-state index in [2.05, 4.69) is 9.97 Å². The van der Waals surface area contributed by atoms with Crippen molar-refractivity contribution in [1.82, 2.24) is 9.97 Å². The summed E-state index contributed by atoms with van der Waals surface area (Å²) in [4.78, 5) is 20.2. The highest BCUT2D eigenvalue weighted by Crippen LogP contribution is 2.24. The molecule has 8 heteroatoms. The predicted molar refractivity (Wildman–Crippen MR) is 102 cm³/mol. The average Bonchev–Trinajstić information content (AvgIpc) is 2.69. The molecule has 0 radical (unpaired) electrons. The molecule has 1 aromatic carbocycles. The Bertz CT molecular complexity index is 754. The van der Waals surface area contributed by atoms with Crippen molar-refractivity contribution >= 4 is 22.4 Å². The summed E-state index contributed by atoms with van der Waals surface area (Å²) in [5.41, 5.74) is 5.76. The minimum atomic E-state index is -1.37. The molecule has 0 saturated carbocycles. The SMILES string of the molecule is CC.CC.CCS(=O)c1ncc(C(=O)c2cc(F)ccc2OC)c(N)n1. The lowest BCUT2D eigenvalue weighted by Crippen LogP contribution is -2.12. The Hall–Kier alpha value is -2.35. The van der Waals surface area contributed by atoms with E-state index >= 15 is 0 Å². The molecule has 1 heterocycles. The topological polar surface area (TPSA) is 95.2 Å². The quantitative estimate of drug-likeness (QED) is 0.626. The number of nitrogen functional groups attached to an aromatic ring is 1. The number of rotatable bonds is 5. The first-order chi connectivity index (χ1) is 12.5. The summed E-state index contributed by atoms with van der Waals surface area (Å²) in [6, 6.07) is 3.59. The summed E-state index contributed by atoms with van der Waals surface area (Å²) in [7, 11) is -0.00212. The molecule has 0 saturated heterocycles. The standard InChI is InChI=1S/C14H14FN3O3S.2C2H6/c1-3-22(20)14-17-7-10(13(16)18-14)12(19)9-6-8(15)4-5-11(9)21-2;2*1-2/h4-7H,3H2,1-2H3,(H2,16,17,18);2*1-2H3. The lowest BCUT2D eigenvalue weighted by atomic mass is 10.0. The van der Waals surface area contributed by atoms with Gasteiger partial charge in [0.25, 0.3) is 0 Å². The van der Waals surface area contributed by atoms with E-state index in [-0.39, 0.29) is 27.9 Å². The smallest absolute Gasteiger partial charge is 0.220 e. The number of hydrogen-bond acceptors (Lipinski definition) is 6. The van der Waals surface area contributed by atoms with Crippen molar-refractivity contribution in [3.63, 3.8) is 0 Å². The van der Waals surface area contributed by atoms with Crippen LogP contribution < -0.4 is 10.5 Å². The van der Waals surface area contributed by atoms with E-state index in [1.54, 1.807) is 6.92 Å². The molecule has 0 aliphatic rings. The number of ether oxygens (including phenoxy) is 1. The molecular weight excluding hydrogens is 357 g/mol. The van der Waals surface area contributed by atoms with Gasteiger partial charge in [-0.2, -0.15) is 0 Å². The van der Waals surface area contributed by atoms with E-state index in [1.165, 1.54) is 25.4 Å². The van der Waals surface area contributed by atoms with Crippen molar-refractivity contribution in [2.45, 2.75) is 39.8 Å². The van der Waals surface area contributed by atoms with Crippen LogP contribution in [0.25, 0.3) is 0 Å². The molecule has 2 N–H and O–H groups in total. The summed E-state index contributed by atoms with van der Waals surface area (Å²) in [6.07, 6.45) is 1.19. The number of nitrogens with zero attached hydrogens (tertiary/aromatic N) is 2. The molecule has 0 aliphatic heterocycles. The summed E-state index contributed by atoms with van der Waals surface area (Å²) in [5, 5.41) is 0.0581. The number of ketones is 1. The molecule has 144 valence electrons. The molecule has 1 unspecified atom stereocenters. The Balaban J connectivity index is 0.00000146. The molecular formula is C18H26FN3O3S. The van der Waals surface area contributed by atoms with Crippen LogP contribution in [0.5, 0.6) is 5.75 Å². The normalized spacial score (nSPS) is 10.6. The molecule has 2 rings (SSSR count). The molecule has 0 spiro atoms. The lowest BCUT2D eigenvalue weighted by Gasteiger charge is -2.09. The Morgan fingerprint density at radius 3 is 2.35 bits per heavy atom. The van der Waals surface area contributed by atoms with E-state index in [9.17, 15) is 13.4 Å². The lowest BCUT2D eigenvalue weighted by molar-refractivity contribution is 0.103. The molecule has 0 aliphatic carbocycles. The highest BCUT2D eigenvalue weighted by molar-refractivity contribution is 7.84. The van der Waals surface area contributed by atoms with Gasteiger partial charge in [0.2, 0.25) is 10.9 Å². The number of halogens is 1. The first kappa shape index (κ1) is 23.6.